The first-order valence-corrected chi connectivity index (χ1v) is 13.9. The van der Waals surface area contributed by atoms with E-state index < -0.39 is 23.8 Å². The zero-order chi connectivity index (χ0) is 28.7. The van der Waals surface area contributed by atoms with E-state index in [0.29, 0.717) is 43.5 Å². The number of aliphatic carboxylic acids is 1. The Morgan fingerprint density at radius 2 is 1.95 bits per heavy atom. The third-order valence-corrected chi connectivity index (χ3v) is 8.06. The van der Waals surface area contributed by atoms with Gasteiger partial charge in [0.15, 0.2) is 0 Å². The standard InChI is InChI=1S/C31H37F3N2O4/c1-40-24-10-11-28-26(19-24)25(13-15-35-28)29(37)12-9-21-14-17-36(20-23(21)18-30(38)39)16-5-4-7-22-6-2-3-8-27(22)31(32,33)34/h2-3,6,8,10-11,13,15,19,21,23,29,37H,4-5,7,9,12,14,16-18,20H2,1H3,(H,38,39)/t21-,23+,29?/m1/s1. The lowest BCUT2D eigenvalue weighted by Gasteiger charge is -2.38. The van der Waals surface area contributed by atoms with Crippen LogP contribution in [0.4, 0.5) is 13.2 Å². The van der Waals surface area contributed by atoms with Crippen LogP contribution in [0.5, 0.6) is 5.75 Å². The Labute approximate surface area is 232 Å². The summed E-state index contributed by atoms with van der Waals surface area (Å²) < 4.78 is 45.1. The second-order valence-electron chi connectivity index (χ2n) is 10.7. The van der Waals surface area contributed by atoms with Gasteiger partial charge in [-0.15, -0.1) is 0 Å². The summed E-state index contributed by atoms with van der Waals surface area (Å²) in [6, 6.07) is 13.1. The number of ether oxygens (including phenoxy) is 1. The molecule has 216 valence electrons. The van der Waals surface area contributed by atoms with Gasteiger partial charge in [-0.05, 0) is 105 Å². The number of piperidine rings is 1. The fourth-order valence-corrected chi connectivity index (χ4v) is 5.95. The highest BCUT2D eigenvalue weighted by Gasteiger charge is 2.33. The van der Waals surface area contributed by atoms with Gasteiger partial charge in [0.2, 0.25) is 0 Å². The lowest BCUT2D eigenvalue weighted by atomic mass is 9.79. The fourth-order valence-electron chi connectivity index (χ4n) is 5.95. The molecule has 1 aromatic heterocycles. The molecule has 40 heavy (non-hydrogen) atoms. The van der Waals surface area contributed by atoms with Crippen LogP contribution in [0.2, 0.25) is 0 Å². The van der Waals surface area contributed by atoms with Gasteiger partial charge in [-0.1, -0.05) is 18.2 Å². The number of aryl methyl sites for hydroxylation is 1. The number of carbonyl (C=O) groups is 1. The zero-order valence-electron chi connectivity index (χ0n) is 22.7. The van der Waals surface area contributed by atoms with Crippen LogP contribution >= 0.6 is 0 Å². The van der Waals surface area contributed by atoms with E-state index in [2.05, 4.69) is 9.88 Å². The van der Waals surface area contributed by atoms with Crippen molar-refractivity contribution in [2.24, 2.45) is 11.8 Å². The number of methoxy groups -OCH3 is 1. The van der Waals surface area contributed by atoms with Gasteiger partial charge in [0, 0.05) is 24.5 Å². The molecule has 0 amide bonds. The molecule has 6 nitrogen and oxygen atoms in total. The Hall–Kier alpha value is -3.17. The largest absolute Gasteiger partial charge is 0.497 e. The molecule has 0 bridgehead atoms. The van der Waals surface area contributed by atoms with Crippen molar-refractivity contribution in [3.8, 4) is 5.75 Å². The first kappa shape index (κ1) is 29.8. The number of nitrogens with zero attached hydrogens (tertiary/aromatic N) is 2. The summed E-state index contributed by atoms with van der Waals surface area (Å²) in [6.07, 6.45) is 0.456. The molecule has 0 radical (unpaired) electrons. The maximum Gasteiger partial charge on any atom is 0.416 e. The summed E-state index contributed by atoms with van der Waals surface area (Å²) in [5.74, 6) is -0.0252. The molecule has 1 unspecified atom stereocenters. The van der Waals surface area contributed by atoms with Crippen LogP contribution in [-0.2, 0) is 17.4 Å². The number of aliphatic hydroxyl groups excluding tert-OH is 1. The van der Waals surface area contributed by atoms with Crippen LogP contribution in [0.15, 0.2) is 54.7 Å². The minimum atomic E-state index is -4.35. The minimum Gasteiger partial charge on any atom is -0.497 e. The first-order valence-electron chi connectivity index (χ1n) is 13.9. The van der Waals surface area contributed by atoms with Crippen LogP contribution in [0.1, 0.15) is 61.3 Å². The normalized spacial score (nSPS) is 19.0. The molecule has 1 fully saturated rings. The third-order valence-electron chi connectivity index (χ3n) is 8.06. The summed E-state index contributed by atoms with van der Waals surface area (Å²) in [6.45, 7) is 2.18. The summed E-state index contributed by atoms with van der Waals surface area (Å²) in [4.78, 5) is 18.3. The number of halogens is 3. The third kappa shape index (κ3) is 7.73. The number of hydrogen-bond donors (Lipinski definition) is 2. The lowest BCUT2D eigenvalue weighted by molar-refractivity contribution is -0.139. The Morgan fingerprint density at radius 1 is 1.15 bits per heavy atom. The molecule has 2 N–H and O–H groups in total. The van der Waals surface area contributed by atoms with E-state index >= 15 is 0 Å². The molecule has 3 atom stereocenters. The number of fused-ring (bicyclic) bond motifs is 1. The van der Waals surface area contributed by atoms with Gasteiger partial charge in [-0.25, -0.2) is 0 Å². The number of carboxylic acids is 1. The quantitative estimate of drug-likeness (QED) is 0.247. The molecule has 1 aliphatic rings. The van der Waals surface area contributed by atoms with Gasteiger partial charge in [0.05, 0.1) is 24.3 Å². The molecule has 9 heteroatoms. The van der Waals surface area contributed by atoms with Gasteiger partial charge >= 0.3 is 12.1 Å². The highest BCUT2D eigenvalue weighted by molar-refractivity contribution is 5.83. The molecule has 1 aliphatic heterocycles. The zero-order valence-corrected chi connectivity index (χ0v) is 22.7. The fraction of sp³-hybridized carbons (Fsp3) is 0.484. The molecule has 4 rings (SSSR count). The predicted molar refractivity (Wildman–Crippen MR) is 147 cm³/mol. The van der Waals surface area contributed by atoms with Crippen molar-refractivity contribution in [3.63, 3.8) is 0 Å². The van der Waals surface area contributed by atoms with Crippen molar-refractivity contribution in [3.05, 3.63) is 71.4 Å². The number of alkyl halides is 3. The first-order chi connectivity index (χ1) is 19.2. The molecule has 2 heterocycles. The number of unbranched alkanes of at least 4 members (excludes halogenated alkanes) is 1. The van der Waals surface area contributed by atoms with Crippen molar-refractivity contribution >= 4 is 16.9 Å². The van der Waals surface area contributed by atoms with Crippen LogP contribution in [0, 0.1) is 11.8 Å². The van der Waals surface area contributed by atoms with E-state index in [1.54, 1.807) is 19.4 Å². The van der Waals surface area contributed by atoms with Gasteiger partial charge in [0.1, 0.15) is 5.75 Å². The van der Waals surface area contributed by atoms with Crippen molar-refractivity contribution in [1.82, 2.24) is 9.88 Å². The van der Waals surface area contributed by atoms with E-state index in [9.17, 15) is 28.2 Å². The predicted octanol–water partition coefficient (Wildman–Crippen LogP) is 6.51. The van der Waals surface area contributed by atoms with Crippen LogP contribution in [0.25, 0.3) is 10.9 Å². The summed E-state index contributed by atoms with van der Waals surface area (Å²) in [5.41, 5.74) is 1.30. The average Bonchev–Trinajstić information content (AvgIpc) is 2.93. The highest BCUT2D eigenvalue weighted by atomic mass is 19.4. The van der Waals surface area contributed by atoms with Crippen molar-refractivity contribution in [1.29, 1.82) is 0 Å². The molecular formula is C31H37F3N2O4. The molecule has 2 aromatic carbocycles. The minimum absolute atomic E-state index is 0.0429. The van der Waals surface area contributed by atoms with Gasteiger partial charge in [-0.2, -0.15) is 13.2 Å². The van der Waals surface area contributed by atoms with Crippen LogP contribution in [-0.4, -0.2) is 52.8 Å². The molecule has 1 saturated heterocycles. The molecule has 0 spiro atoms. The van der Waals surface area contributed by atoms with Crippen molar-refractivity contribution in [2.45, 2.75) is 57.2 Å². The molecule has 0 saturated carbocycles. The number of hydrogen-bond acceptors (Lipinski definition) is 5. The molecule has 3 aromatic rings. The van der Waals surface area contributed by atoms with E-state index in [-0.39, 0.29) is 18.3 Å². The maximum absolute atomic E-state index is 13.3. The van der Waals surface area contributed by atoms with E-state index in [4.69, 9.17) is 4.74 Å². The Balaban J connectivity index is 1.31. The Bertz CT molecular complexity index is 1280. The Kier molecular flexibility index (Phi) is 10.0. The van der Waals surface area contributed by atoms with Crippen LogP contribution in [0.3, 0.4) is 0 Å². The average molecular weight is 559 g/mol. The monoisotopic (exact) mass is 558 g/mol. The maximum atomic E-state index is 13.3. The Morgan fingerprint density at radius 3 is 2.70 bits per heavy atom. The number of benzene rings is 2. The second kappa shape index (κ2) is 13.5. The van der Waals surface area contributed by atoms with E-state index in [1.807, 2.05) is 24.3 Å². The number of aliphatic hydroxyl groups is 1. The molecular weight excluding hydrogens is 521 g/mol. The van der Waals surface area contributed by atoms with Crippen LogP contribution < -0.4 is 4.74 Å². The summed E-state index contributed by atoms with van der Waals surface area (Å²) in [7, 11) is 1.59. The van der Waals surface area contributed by atoms with E-state index in [1.165, 1.54) is 12.1 Å². The summed E-state index contributed by atoms with van der Waals surface area (Å²) in [5, 5.41) is 21.5. The summed E-state index contributed by atoms with van der Waals surface area (Å²) >= 11 is 0. The SMILES string of the molecule is COc1ccc2nccc(C(O)CC[C@@H]3CCN(CCCCc4ccccc4C(F)(F)F)C[C@@H]3CC(=O)O)c2c1. The highest BCUT2D eigenvalue weighted by Crippen LogP contribution is 2.35. The lowest BCUT2D eigenvalue weighted by Crippen LogP contribution is -2.41. The van der Waals surface area contributed by atoms with Crippen molar-refractivity contribution in [2.75, 3.05) is 26.7 Å². The number of carboxylic acid groups (broad SMARTS) is 1. The topological polar surface area (TPSA) is 82.9 Å². The van der Waals surface area contributed by atoms with Gasteiger partial charge in [-0.3, -0.25) is 9.78 Å². The number of pyridine rings is 1. The molecule has 0 aliphatic carbocycles. The van der Waals surface area contributed by atoms with E-state index in [0.717, 1.165) is 48.5 Å². The number of aromatic nitrogens is 1. The van der Waals surface area contributed by atoms with Crippen molar-refractivity contribution < 1.29 is 32.9 Å². The van der Waals surface area contributed by atoms with Gasteiger partial charge < -0.3 is 19.8 Å². The van der Waals surface area contributed by atoms with Gasteiger partial charge in [0.25, 0.3) is 0 Å². The number of likely N-dealkylation sites (tertiary alicyclic amines) is 1. The smallest absolute Gasteiger partial charge is 0.416 e. The number of rotatable bonds is 12. The second-order valence-corrected chi connectivity index (χ2v) is 10.7.